The van der Waals surface area contributed by atoms with Gasteiger partial charge in [0.25, 0.3) is 0 Å². The minimum atomic E-state index is 0.596. The molecule has 0 aliphatic carbocycles. The highest BCUT2D eigenvalue weighted by Gasteiger charge is 2.20. The van der Waals surface area contributed by atoms with Crippen LogP contribution in [0.5, 0.6) is 5.75 Å². The SMILES string of the molecule is CN1CCC[C@H]1COc1cc[c]cc1. The smallest absolute Gasteiger partial charge is 0.119 e. The van der Waals surface area contributed by atoms with Crippen molar-refractivity contribution >= 4 is 0 Å². The summed E-state index contributed by atoms with van der Waals surface area (Å²) in [5.41, 5.74) is 0. The molecular weight excluding hydrogens is 174 g/mol. The molecular formula is C12H16NO. The molecule has 1 fully saturated rings. The second kappa shape index (κ2) is 4.47. The Bertz CT molecular complexity index is 273. The Morgan fingerprint density at radius 3 is 2.93 bits per heavy atom. The molecule has 1 aliphatic rings. The van der Waals surface area contributed by atoms with Crippen molar-refractivity contribution in [2.24, 2.45) is 0 Å². The first-order valence-electron chi connectivity index (χ1n) is 5.15. The number of nitrogens with zero attached hydrogens (tertiary/aromatic N) is 1. The standard InChI is InChI=1S/C12H16NO/c1-13-9-5-6-11(13)10-14-12-7-3-2-4-8-12/h3-4,7-8,11H,5-6,9-10H2,1H3/t11-/m0/s1. The lowest BCUT2D eigenvalue weighted by molar-refractivity contribution is 0.198. The molecule has 0 unspecified atom stereocenters. The van der Waals surface area contributed by atoms with Crippen molar-refractivity contribution in [3.05, 3.63) is 30.3 Å². The number of rotatable bonds is 3. The highest BCUT2D eigenvalue weighted by Crippen LogP contribution is 2.16. The van der Waals surface area contributed by atoms with E-state index in [9.17, 15) is 0 Å². The lowest BCUT2D eigenvalue weighted by Gasteiger charge is -2.19. The van der Waals surface area contributed by atoms with Crippen LogP contribution in [0.4, 0.5) is 0 Å². The Hall–Kier alpha value is -1.02. The molecule has 0 amide bonds. The van der Waals surface area contributed by atoms with Crippen molar-refractivity contribution in [3.8, 4) is 5.75 Å². The van der Waals surface area contributed by atoms with Crippen LogP contribution < -0.4 is 4.74 Å². The molecule has 75 valence electrons. The molecule has 1 atom stereocenters. The number of benzene rings is 1. The third-order valence-electron chi connectivity index (χ3n) is 2.80. The number of hydrogen-bond donors (Lipinski definition) is 0. The molecule has 0 spiro atoms. The van der Waals surface area contributed by atoms with E-state index in [4.69, 9.17) is 4.74 Å². The van der Waals surface area contributed by atoms with Gasteiger partial charge in [0, 0.05) is 6.04 Å². The Labute approximate surface area is 85.5 Å². The zero-order chi connectivity index (χ0) is 9.80. The highest BCUT2D eigenvalue weighted by molar-refractivity contribution is 5.20. The van der Waals surface area contributed by atoms with Crippen molar-refractivity contribution < 1.29 is 4.74 Å². The molecule has 2 rings (SSSR count). The predicted octanol–water partition coefficient (Wildman–Crippen LogP) is 1.96. The Morgan fingerprint density at radius 1 is 1.50 bits per heavy atom. The minimum Gasteiger partial charge on any atom is -0.492 e. The quantitative estimate of drug-likeness (QED) is 0.722. The van der Waals surface area contributed by atoms with E-state index in [1.54, 1.807) is 0 Å². The molecule has 1 saturated heterocycles. The van der Waals surface area contributed by atoms with E-state index in [1.165, 1.54) is 19.4 Å². The molecule has 1 aromatic rings. The van der Waals surface area contributed by atoms with Gasteiger partial charge >= 0.3 is 0 Å². The lowest BCUT2D eigenvalue weighted by Crippen LogP contribution is -2.30. The second-order valence-electron chi connectivity index (χ2n) is 3.82. The molecule has 0 N–H and O–H groups in total. The average molecular weight is 190 g/mol. The largest absolute Gasteiger partial charge is 0.492 e. The molecule has 14 heavy (non-hydrogen) atoms. The Morgan fingerprint density at radius 2 is 2.29 bits per heavy atom. The fraction of sp³-hybridized carbons (Fsp3) is 0.500. The Kier molecular flexibility index (Phi) is 3.04. The first-order valence-corrected chi connectivity index (χ1v) is 5.15. The summed E-state index contributed by atoms with van der Waals surface area (Å²) in [5, 5.41) is 0. The highest BCUT2D eigenvalue weighted by atomic mass is 16.5. The number of likely N-dealkylation sites (tertiary alicyclic amines) is 1. The van der Waals surface area contributed by atoms with Gasteiger partial charge in [-0.2, -0.15) is 0 Å². The molecule has 1 aliphatic heterocycles. The van der Waals surface area contributed by atoms with Crippen LogP contribution in [0.2, 0.25) is 0 Å². The lowest BCUT2D eigenvalue weighted by atomic mass is 10.2. The van der Waals surface area contributed by atoms with Crippen molar-refractivity contribution in [3.63, 3.8) is 0 Å². The van der Waals surface area contributed by atoms with Crippen molar-refractivity contribution in [1.29, 1.82) is 0 Å². The molecule has 2 heteroatoms. The van der Waals surface area contributed by atoms with Gasteiger partial charge in [-0.1, -0.05) is 12.1 Å². The average Bonchev–Trinajstić information content (AvgIpc) is 2.63. The second-order valence-corrected chi connectivity index (χ2v) is 3.82. The van der Waals surface area contributed by atoms with Gasteiger partial charge in [0.2, 0.25) is 0 Å². The normalized spacial score (nSPS) is 22.5. The topological polar surface area (TPSA) is 12.5 Å². The van der Waals surface area contributed by atoms with Crippen LogP contribution in [0.25, 0.3) is 0 Å². The maximum atomic E-state index is 5.70. The van der Waals surface area contributed by atoms with Crippen LogP contribution in [-0.4, -0.2) is 31.1 Å². The van der Waals surface area contributed by atoms with Gasteiger partial charge in [-0.3, -0.25) is 0 Å². The minimum absolute atomic E-state index is 0.596. The van der Waals surface area contributed by atoms with E-state index in [2.05, 4.69) is 18.0 Å². The van der Waals surface area contributed by atoms with E-state index in [0.29, 0.717) is 6.04 Å². The number of ether oxygens (including phenoxy) is 1. The van der Waals surface area contributed by atoms with Crippen LogP contribution in [0.15, 0.2) is 24.3 Å². The van der Waals surface area contributed by atoms with Crippen LogP contribution in [0.3, 0.4) is 0 Å². The monoisotopic (exact) mass is 190 g/mol. The number of hydrogen-bond acceptors (Lipinski definition) is 2. The summed E-state index contributed by atoms with van der Waals surface area (Å²) in [6, 6.07) is 11.2. The number of likely N-dealkylation sites (N-methyl/N-ethyl adjacent to an activating group) is 1. The first kappa shape index (κ1) is 9.53. The summed E-state index contributed by atoms with van der Waals surface area (Å²) >= 11 is 0. The predicted molar refractivity (Wildman–Crippen MR) is 56.4 cm³/mol. The van der Waals surface area contributed by atoms with E-state index >= 15 is 0 Å². The van der Waals surface area contributed by atoms with Crippen LogP contribution >= 0.6 is 0 Å². The van der Waals surface area contributed by atoms with Crippen molar-refractivity contribution in [1.82, 2.24) is 4.90 Å². The van der Waals surface area contributed by atoms with Crippen LogP contribution in [-0.2, 0) is 0 Å². The third-order valence-corrected chi connectivity index (χ3v) is 2.80. The fourth-order valence-corrected chi connectivity index (χ4v) is 1.85. The summed E-state index contributed by atoms with van der Waals surface area (Å²) in [4.78, 5) is 2.37. The van der Waals surface area contributed by atoms with Crippen molar-refractivity contribution in [2.75, 3.05) is 20.2 Å². The summed E-state index contributed by atoms with van der Waals surface area (Å²) in [7, 11) is 2.17. The fourth-order valence-electron chi connectivity index (χ4n) is 1.85. The van der Waals surface area contributed by atoms with E-state index < -0.39 is 0 Å². The first-order chi connectivity index (χ1) is 6.86. The van der Waals surface area contributed by atoms with E-state index in [0.717, 1.165) is 12.4 Å². The van der Waals surface area contributed by atoms with Gasteiger partial charge < -0.3 is 9.64 Å². The molecule has 0 bridgehead atoms. The summed E-state index contributed by atoms with van der Waals surface area (Å²) in [6.07, 6.45) is 2.56. The molecule has 0 saturated carbocycles. The summed E-state index contributed by atoms with van der Waals surface area (Å²) in [5.74, 6) is 0.948. The van der Waals surface area contributed by atoms with Gasteiger partial charge in [-0.05, 0) is 44.6 Å². The maximum Gasteiger partial charge on any atom is 0.119 e. The molecule has 1 radical (unpaired) electrons. The molecule has 1 aromatic carbocycles. The van der Waals surface area contributed by atoms with Gasteiger partial charge in [0.15, 0.2) is 0 Å². The molecule has 0 aromatic heterocycles. The molecule has 2 nitrogen and oxygen atoms in total. The van der Waals surface area contributed by atoms with Gasteiger partial charge in [-0.15, -0.1) is 0 Å². The van der Waals surface area contributed by atoms with Crippen LogP contribution in [0, 0.1) is 6.07 Å². The molecule has 1 heterocycles. The van der Waals surface area contributed by atoms with Crippen molar-refractivity contribution in [2.45, 2.75) is 18.9 Å². The summed E-state index contributed by atoms with van der Waals surface area (Å²) in [6.45, 7) is 2.01. The Balaban J connectivity index is 1.82. The zero-order valence-electron chi connectivity index (χ0n) is 8.57. The van der Waals surface area contributed by atoms with Gasteiger partial charge in [-0.25, -0.2) is 0 Å². The van der Waals surface area contributed by atoms with Gasteiger partial charge in [0.05, 0.1) is 0 Å². The van der Waals surface area contributed by atoms with Gasteiger partial charge in [0.1, 0.15) is 12.4 Å². The zero-order valence-corrected chi connectivity index (χ0v) is 8.57. The third kappa shape index (κ3) is 2.26. The van der Waals surface area contributed by atoms with E-state index in [-0.39, 0.29) is 0 Å². The summed E-state index contributed by atoms with van der Waals surface area (Å²) < 4.78 is 5.70. The van der Waals surface area contributed by atoms with Crippen LogP contribution in [0.1, 0.15) is 12.8 Å². The van der Waals surface area contributed by atoms with E-state index in [1.807, 2.05) is 24.3 Å². The maximum absolute atomic E-state index is 5.70.